The van der Waals surface area contributed by atoms with Crippen LogP contribution in [0, 0.1) is 0 Å². The monoisotopic (exact) mass is 683 g/mol. The summed E-state index contributed by atoms with van der Waals surface area (Å²) in [5.74, 6) is 1.69. The highest BCUT2D eigenvalue weighted by atomic mass is 16.3. The Labute approximate surface area is 309 Å². The molecule has 6 nitrogen and oxygen atoms in total. The van der Waals surface area contributed by atoms with Gasteiger partial charge in [-0.05, 0) is 78.3 Å². The van der Waals surface area contributed by atoms with Crippen LogP contribution in [-0.4, -0.2) is 28.0 Å². The first kappa shape index (κ1) is 30.8. The van der Waals surface area contributed by atoms with Crippen LogP contribution in [0.5, 0.6) is 5.75 Å². The summed E-state index contributed by atoms with van der Waals surface area (Å²) in [7, 11) is 0. The predicted molar refractivity (Wildman–Crippen MR) is 218 cm³/mol. The molecule has 0 amide bonds. The summed E-state index contributed by atoms with van der Waals surface area (Å²) in [4.78, 5) is 12.6. The van der Waals surface area contributed by atoms with Crippen molar-refractivity contribution in [3.8, 4) is 22.8 Å². The van der Waals surface area contributed by atoms with Gasteiger partial charge in [-0.3, -0.25) is 4.90 Å². The standard InChI is InChI=1S/C46H34BN5O/c53-43-30-15-10-25-38(43)45-48-46-44(52(45)35-21-8-3-9-22-35)47(33-17-4-1-5-18-33)39-26-11-12-27-40(39)51(46)37-24-16-23-36(31-37)50-32-49(34-19-6-2-7-20-34)41-28-13-14-29-42(41)50/h1-31,53H,32H2. The molecule has 252 valence electrons. The molecule has 7 aromatic carbocycles. The van der Waals surface area contributed by atoms with Gasteiger partial charge in [0.25, 0.3) is 6.71 Å². The van der Waals surface area contributed by atoms with E-state index in [-0.39, 0.29) is 12.5 Å². The maximum Gasteiger partial charge on any atom is 0.270 e. The second-order valence-electron chi connectivity index (χ2n) is 13.4. The van der Waals surface area contributed by atoms with Crippen LogP contribution in [0.2, 0.25) is 0 Å². The molecule has 0 saturated heterocycles. The van der Waals surface area contributed by atoms with E-state index in [2.05, 4.69) is 177 Å². The molecular weight excluding hydrogens is 649 g/mol. The lowest BCUT2D eigenvalue weighted by molar-refractivity contribution is 0.477. The quantitative estimate of drug-likeness (QED) is 0.178. The first-order valence-electron chi connectivity index (χ1n) is 17.9. The number of phenols is 1. The number of rotatable bonds is 6. The van der Waals surface area contributed by atoms with Crippen LogP contribution < -0.4 is 31.2 Å². The number of nitrogens with zero attached hydrogens (tertiary/aromatic N) is 5. The highest BCUT2D eigenvalue weighted by Crippen LogP contribution is 2.46. The summed E-state index contributed by atoms with van der Waals surface area (Å²) < 4.78 is 2.24. The van der Waals surface area contributed by atoms with Gasteiger partial charge in [0.15, 0.2) is 5.82 Å². The average molecular weight is 684 g/mol. The zero-order valence-electron chi connectivity index (χ0n) is 28.9. The van der Waals surface area contributed by atoms with Crippen molar-refractivity contribution in [2.45, 2.75) is 0 Å². The van der Waals surface area contributed by atoms with Crippen LogP contribution in [0.4, 0.5) is 39.9 Å². The third kappa shape index (κ3) is 5.08. The fraction of sp³-hybridized carbons (Fsp3) is 0.0217. The molecule has 0 unspecified atom stereocenters. The summed E-state index contributed by atoms with van der Waals surface area (Å²) >= 11 is 0. The Kier molecular flexibility index (Phi) is 7.36. The minimum absolute atomic E-state index is 0.126. The number of hydrogen-bond donors (Lipinski definition) is 1. The lowest BCUT2D eigenvalue weighted by Gasteiger charge is -2.35. The Morgan fingerprint density at radius 1 is 0.491 bits per heavy atom. The Balaban J connectivity index is 1.20. The van der Waals surface area contributed by atoms with E-state index in [1.165, 1.54) is 16.6 Å². The Hall–Kier alpha value is -6.99. The average Bonchev–Trinajstić information content (AvgIpc) is 3.81. The number of phenolic OH excluding ortho intramolecular Hbond substituents is 1. The second kappa shape index (κ2) is 12.7. The van der Waals surface area contributed by atoms with Crippen LogP contribution in [-0.2, 0) is 0 Å². The molecule has 1 aromatic heterocycles. The summed E-state index contributed by atoms with van der Waals surface area (Å²) in [5, 5.41) is 11.3. The number of aromatic nitrogens is 2. The maximum atomic E-state index is 11.3. The number of para-hydroxylation sites is 6. The normalized spacial score (nSPS) is 13.1. The molecule has 2 aliphatic rings. The smallest absolute Gasteiger partial charge is 0.270 e. The van der Waals surface area contributed by atoms with E-state index in [1.807, 2.05) is 24.3 Å². The van der Waals surface area contributed by atoms with Gasteiger partial charge in [0.2, 0.25) is 0 Å². The number of fused-ring (bicyclic) bond motifs is 3. The van der Waals surface area contributed by atoms with Crippen LogP contribution in [0.15, 0.2) is 188 Å². The lowest BCUT2D eigenvalue weighted by atomic mass is 9.37. The van der Waals surface area contributed by atoms with E-state index in [4.69, 9.17) is 4.98 Å². The number of imidazole rings is 1. The van der Waals surface area contributed by atoms with Crippen molar-refractivity contribution in [3.63, 3.8) is 0 Å². The molecular formula is C46H34BN5O. The van der Waals surface area contributed by atoms with Crippen LogP contribution >= 0.6 is 0 Å². The van der Waals surface area contributed by atoms with Crippen molar-refractivity contribution < 1.29 is 5.11 Å². The third-order valence-corrected chi connectivity index (χ3v) is 10.4. The topological polar surface area (TPSA) is 47.8 Å². The number of benzene rings is 7. The number of hydrogen-bond acceptors (Lipinski definition) is 5. The Morgan fingerprint density at radius 2 is 1.04 bits per heavy atom. The van der Waals surface area contributed by atoms with Crippen molar-refractivity contribution in [2.75, 3.05) is 21.4 Å². The first-order valence-corrected chi connectivity index (χ1v) is 17.9. The van der Waals surface area contributed by atoms with Gasteiger partial charge in [0, 0.05) is 34.0 Å². The van der Waals surface area contributed by atoms with E-state index in [9.17, 15) is 5.11 Å². The van der Waals surface area contributed by atoms with Gasteiger partial charge < -0.3 is 19.5 Å². The Morgan fingerprint density at radius 3 is 1.75 bits per heavy atom. The summed E-state index contributed by atoms with van der Waals surface area (Å²) in [6.45, 7) is 0.559. The minimum Gasteiger partial charge on any atom is -0.507 e. The van der Waals surface area contributed by atoms with Crippen molar-refractivity contribution in [1.29, 1.82) is 0 Å². The summed E-state index contributed by atoms with van der Waals surface area (Å²) in [6.07, 6.45) is 0. The maximum absolute atomic E-state index is 11.3. The molecule has 53 heavy (non-hydrogen) atoms. The van der Waals surface area contributed by atoms with Gasteiger partial charge in [-0.25, -0.2) is 4.98 Å². The van der Waals surface area contributed by atoms with Crippen molar-refractivity contribution in [2.24, 2.45) is 0 Å². The summed E-state index contributed by atoms with van der Waals surface area (Å²) in [5.41, 5.74) is 11.7. The molecule has 0 bridgehead atoms. The Bertz CT molecular complexity index is 2590. The van der Waals surface area contributed by atoms with Crippen LogP contribution in [0.1, 0.15) is 0 Å². The summed E-state index contributed by atoms with van der Waals surface area (Å²) in [6, 6.07) is 65.1. The second-order valence-corrected chi connectivity index (χ2v) is 13.4. The molecule has 7 heteroatoms. The van der Waals surface area contributed by atoms with E-state index < -0.39 is 0 Å². The number of aromatic hydroxyl groups is 1. The fourth-order valence-electron chi connectivity index (χ4n) is 8.03. The van der Waals surface area contributed by atoms with Crippen molar-refractivity contribution >= 4 is 63.2 Å². The van der Waals surface area contributed by atoms with Crippen LogP contribution in [0.25, 0.3) is 17.1 Å². The molecule has 0 aliphatic carbocycles. The molecule has 2 aliphatic heterocycles. The van der Waals surface area contributed by atoms with Gasteiger partial charge in [0.05, 0.1) is 16.9 Å². The lowest BCUT2D eigenvalue weighted by Crippen LogP contribution is -2.59. The SMILES string of the molecule is Oc1ccccc1-c1nc2c(n1-c1ccccc1)B(c1ccccc1)c1ccccc1N2c1cccc(N2CN(c3ccccc3)c3ccccc32)c1. The molecule has 0 fully saturated rings. The van der Waals surface area contributed by atoms with Gasteiger partial charge >= 0.3 is 0 Å². The molecule has 3 heterocycles. The zero-order valence-corrected chi connectivity index (χ0v) is 28.9. The molecule has 0 saturated carbocycles. The highest BCUT2D eigenvalue weighted by molar-refractivity contribution is 6.97. The predicted octanol–water partition coefficient (Wildman–Crippen LogP) is 8.79. The molecule has 8 aromatic rings. The number of anilines is 7. The molecule has 0 atom stereocenters. The molecule has 0 radical (unpaired) electrons. The van der Waals surface area contributed by atoms with Gasteiger partial charge in [-0.1, -0.05) is 121 Å². The third-order valence-electron chi connectivity index (χ3n) is 10.4. The van der Waals surface area contributed by atoms with Gasteiger partial charge in [0.1, 0.15) is 18.2 Å². The van der Waals surface area contributed by atoms with Gasteiger partial charge in [-0.15, -0.1) is 0 Å². The van der Waals surface area contributed by atoms with Crippen molar-refractivity contribution in [3.05, 3.63) is 188 Å². The van der Waals surface area contributed by atoms with Gasteiger partial charge in [-0.2, -0.15) is 0 Å². The molecule has 0 spiro atoms. The highest BCUT2D eigenvalue weighted by Gasteiger charge is 2.41. The largest absolute Gasteiger partial charge is 0.507 e. The van der Waals surface area contributed by atoms with E-state index in [0.717, 1.165) is 45.5 Å². The van der Waals surface area contributed by atoms with E-state index in [1.54, 1.807) is 6.07 Å². The zero-order chi connectivity index (χ0) is 35.3. The molecule has 10 rings (SSSR count). The molecule has 1 N–H and O–H groups in total. The fourth-order valence-corrected chi connectivity index (χ4v) is 8.03. The van der Waals surface area contributed by atoms with E-state index >= 15 is 0 Å². The van der Waals surface area contributed by atoms with E-state index in [0.29, 0.717) is 18.1 Å². The minimum atomic E-state index is -0.126. The van der Waals surface area contributed by atoms with Crippen LogP contribution in [0.3, 0.4) is 0 Å². The first-order chi connectivity index (χ1) is 26.2. The van der Waals surface area contributed by atoms with Crippen molar-refractivity contribution in [1.82, 2.24) is 9.55 Å².